The van der Waals surface area contributed by atoms with Crippen molar-refractivity contribution >= 4 is 5.78 Å². The number of likely N-dealkylation sites (N-methyl/N-ethyl adjacent to an activating group) is 1. The zero-order valence-electron chi connectivity index (χ0n) is 16.6. The molecule has 144 valence electrons. The number of rotatable bonds is 9. The van der Waals surface area contributed by atoms with Gasteiger partial charge in [0.25, 0.3) is 0 Å². The molecule has 3 heteroatoms. The maximum atomic E-state index is 12.5. The van der Waals surface area contributed by atoms with Gasteiger partial charge in [0, 0.05) is 5.56 Å². The number of hydrogen-bond donors (Lipinski definition) is 0. The molecule has 0 radical (unpaired) electrons. The van der Waals surface area contributed by atoms with Crippen molar-refractivity contribution in [3.63, 3.8) is 0 Å². The Balaban J connectivity index is 1.62. The standard InChI is InChI=1S/C25H28NO2/c1-26(2,20-24(27)21-12-6-3-7-13-21)18-19-28-25(22-14-8-4-9-15-22)23-16-10-5-11-17-23/h3-17,25H,18-20H2,1-2H3/q+1. The fourth-order valence-electron chi connectivity index (χ4n) is 3.24. The summed E-state index contributed by atoms with van der Waals surface area (Å²) >= 11 is 0. The second-order valence-electron chi connectivity index (χ2n) is 7.68. The zero-order chi connectivity index (χ0) is 19.8. The highest BCUT2D eigenvalue weighted by molar-refractivity contribution is 5.96. The van der Waals surface area contributed by atoms with Crippen molar-refractivity contribution in [2.75, 3.05) is 33.8 Å². The largest absolute Gasteiger partial charge is 0.363 e. The SMILES string of the molecule is C[N+](C)(CCOC(c1ccccc1)c1ccccc1)CC(=O)c1ccccc1. The Hall–Kier alpha value is -2.75. The molecule has 28 heavy (non-hydrogen) atoms. The lowest BCUT2D eigenvalue weighted by Gasteiger charge is -2.30. The summed E-state index contributed by atoms with van der Waals surface area (Å²) in [7, 11) is 4.15. The normalized spacial score (nSPS) is 11.5. The van der Waals surface area contributed by atoms with Gasteiger partial charge in [-0.2, -0.15) is 0 Å². The van der Waals surface area contributed by atoms with E-state index >= 15 is 0 Å². The summed E-state index contributed by atoms with van der Waals surface area (Å²) in [6.07, 6.45) is -0.104. The summed E-state index contributed by atoms with van der Waals surface area (Å²) in [6.45, 7) is 1.78. The van der Waals surface area contributed by atoms with Crippen LogP contribution in [-0.2, 0) is 4.74 Å². The first-order valence-electron chi connectivity index (χ1n) is 9.67. The van der Waals surface area contributed by atoms with Crippen LogP contribution in [0.2, 0.25) is 0 Å². The minimum absolute atomic E-state index is 0.104. The van der Waals surface area contributed by atoms with Gasteiger partial charge in [-0.05, 0) is 11.1 Å². The molecule has 0 heterocycles. The van der Waals surface area contributed by atoms with Crippen LogP contribution in [0.4, 0.5) is 0 Å². The second-order valence-corrected chi connectivity index (χ2v) is 7.68. The van der Waals surface area contributed by atoms with E-state index in [1.54, 1.807) is 0 Å². The van der Waals surface area contributed by atoms with Crippen LogP contribution in [0.3, 0.4) is 0 Å². The van der Waals surface area contributed by atoms with Crippen molar-refractivity contribution in [3.8, 4) is 0 Å². The average molecular weight is 375 g/mol. The number of ketones is 1. The highest BCUT2D eigenvalue weighted by atomic mass is 16.5. The van der Waals surface area contributed by atoms with Crippen LogP contribution in [0.5, 0.6) is 0 Å². The lowest BCUT2D eigenvalue weighted by molar-refractivity contribution is -0.882. The van der Waals surface area contributed by atoms with Crippen LogP contribution in [0.25, 0.3) is 0 Å². The van der Waals surface area contributed by atoms with E-state index in [0.29, 0.717) is 17.6 Å². The Bertz CT molecular complexity index is 821. The Kier molecular flexibility index (Phi) is 6.75. The minimum Gasteiger partial charge on any atom is -0.363 e. The number of Topliss-reactive ketones (excluding diaryl/α,β-unsaturated/α-hetero) is 1. The first-order chi connectivity index (χ1) is 13.6. The van der Waals surface area contributed by atoms with E-state index in [-0.39, 0.29) is 11.9 Å². The summed E-state index contributed by atoms with van der Waals surface area (Å²) in [5.41, 5.74) is 3.04. The summed E-state index contributed by atoms with van der Waals surface area (Å²) in [4.78, 5) is 12.5. The van der Waals surface area contributed by atoms with Crippen LogP contribution >= 0.6 is 0 Å². The minimum atomic E-state index is -0.104. The van der Waals surface area contributed by atoms with Gasteiger partial charge in [-0.1, -0.05) is 91.0 Å². The van der Waals surface area contributed by atoms with Crippen molar-refractivity contribution in [2.45, 2.75) is 6.10 Å². The Morgan fingerprint density at radius 1 is 0.786 bits per heavy atom. The van der Waals surface area contributed by atoms with Gasteiger partial charge in [0.05, 0.1) is 20.7 Å². The van der Waals surface area contributed by atoms with E-state index in [0.717, 1.165) is 23.2 Å². The molecule has 0 unspecified atom stereocenters. The van der Waals surface area contributed by atoms with Crippen molar-refractivity contribution in [1.82, 2.24) is 0 Å². The molecule has 0 aliphatic rings. The van der Waals surface area contributed by atoms with Gasteiger partial charge >= 0.3 is 0 Å². The van der Waals surface area contributed by atoms with Crippen LogP contribution in [-0.4, -0.2) is 44.1 Å². The third-order valence-electron chi connectivity index (χ3n) is 4.85. The topological polar surface area (TPSA) is 26.3 Å². The molecule has 3 nitrogen and oxygen atoms in total. The number of nitrogens with zero attached hydrogens (tertiary/aromatic N) is 1. The van der Waals surface area contributed by atoms with Crippen molar-refractivity contribution in [3.05, 3.63) is 108 Å². The lowest BCUT2D eigenvalue weighted by Crippen LogP contribution is -2.46. The third-order valence-corrected chi connectivity index (χ3v) is 4.85. The summed E-state index contributed by atoms with van der Waals surface area (Å²) < 4.78 is 6.90. The highest BCUT2D eigenvalue weighted by Crippen LogP contribution is 2.25. The molecule has 0 atom stereocenters. The molecule has 3 rings (SSSR count). The first kappa shape index (κ1) is 20.0. The van der Waals surface area contributed by atoms with Crippen LogP contribution in [0.1, 0.15) is 27.6 Å². The smallest absolute Gasteiger partial charge is 0.216 e. The van der Waals surface area contributed by atoms with Gasteiger partial charge in [0.2, 0.25) is 5.78 Å². The molecule has 3 aromatic carbocycles. The van der Waals surface area contributed by atoms with Crippen molar-refractivity contribution in [1.29, 1.82) is 0 Å². The van der Waals surface area contributed by atoms with E-state index in [1.165, 1.54) is 0 Å². The maximum Gasteiger partial charge on any atom is 0.216 e. The molecule has 0 fully saturated rings. The number of benzene rings is 3. The molecule has 0 aliphatic carbocycles. The number of hydrogen-bond acceptors (Lipinski definition) is 2. The zero-order valence-corrected chi connectivity index (χ0v) is 16.6. The summed E-state index contributed by atoms with van der Waals surface area (Å²) in [6, 6.07) is 30.0. The van der Waals surface area contributed by atoms with Gasteiger partial charge in [0.1, 0.15) is 19.2 Å². The van der Waals surface area contributed by atoms with Crippen molar-refractivity contribution in [2.24, 2.45) is 0 Å². The second kappa shape index (κ2) is 9.45. The van der Waals surface area contributed by atoms with Crippen LogP contribution < -0.4 is 0 Å². The number of carbonyl (C=O) groups excluding carboxylic acids is 1. The molecule has 0 saturated heterocycles. The Morgan fingerprint density at radius 3 is 1.75 bits per heavy atom. The van der Waals surface area contributed by atoms with Gasteiger partial charge < -0.3 is 9.22 Å². The predicted molar refractivity (Wildman–Crippen MR) is 113 cm³/mol. The molecule has 0 saturated carbocycles. The van der Waals surface area contributed by atoms with E-state index in [1.807, 2.05) is 66.7 Å². The van der Waals surface area contributed by atoms with Gasteiger partial charge in [0.15, 0.2) is 0 Å². The molecule has 0 N–H and O–H groups in total. The molecule has 3 aromatic rings. The fourth-order valence-corrected chi connectivity index (χ4v) is 3.24. The summed E-state index contributed by atoms with van der Waals surface area (Å²) in [5, 5.41) is 0. The van der Waals surface area contributed by atoms with Gasteiger partial charge in [-0.25, -0.2) is 0 Å². The molecular weight excluding hydrogens is 346 g/mol. The third kappa shape index (κ3) is 5.62. The molecule has 0 spiro atoms. The van der Waals surface area contributed by atoms with E-state index in [9.17, 15) is 4.79 Å². The van der Waals surface area contributed by atoms with Crippen LogP contribution in [0.15, 0.2) is 91.0 Å². The summed E-state index contributed by atoms with van der Waals surface area (Å²) in [5.74, 6) is 0.160. The van der Waals surface area contributed by atoms with Gasteiger partial charge in [-0.3, -0.25) is 4.79 Å². The molecule has 0 amide bonds. The maximum absolute atomic E-state index is 12.5. The predicted octanol–water partition coefficient (Wildman–Crippen LogP) is 4.75. The highest BCUT2D eigenvalue weighted by Gasteiger charge is 2.22. The fraction of sp³-hybridized carbons (Fsp3) is 0.240. The quantitative estimate of drug-likeness (QED) is 0.399. The molecule has 0 aromatic heterocycles. The van der Waals surface area contributed by atoms with Crippen LogP contribution in [0, 0.1) is 0 Å². The molecular formula is C25H28NO2+. The van der Waals surface area contributed by atoms with E-state index in [2.05, 4.69) is 38.4 Å². The van der Waals surface area contributed by atoms with Crippen molar-refractivity contribution < 1.29 is 14.0 Å². The average Bonchev–Trinajstić information content (AvgIpc) is 2.73. The first-order valence-corrected chi connectivity index (χ1v) is 9.67. The van der Waals surface area contributed by atoms with E-state index in [4.69, 9.17) is 4.74 Å². The Labute approximate surface area is 167 Å². The monoisotopic (exact) mass is 374 g/mol. The number of quaternary nitrogens is 1. The number of carbonyl (C=O) groups is 1. The van der Waals surface area contributed by atoms with Gasteiger partial charge in [-0.15, -0.1) is 0 Å². The number of ether oxygens (including phenoxy) is 1. The Morgan fingerprint density at radius 2 is 1.25 bits per heavy atom. The van der Waals surface area contributed by atoms with E-state index < -0.39 is 0 Å². The molecule has 0 aliphatic heterocycles. The lowest BCUT2D eigenvalue weighted by atomic mass is 10.0. The molecule has 0 bridgehead atoms.